The molecule has 0 heterocycles. The average molecular weight is 180 g/mol. The predicted octanol–water partition coefficient (Wildman–Crippen LogP) is -0.113. The van der Waals surface area contributed by atoms with Crippen LogP contribution in [-0.2, 0) is 11.2 Å². The van der Waals surface area contributed by atoms with Crippen LogP contribution in [0.4, 0.5) is 5.69 Å². The second-order valence-electron chi connectivity index (χ2n) is 2.47. The molecule has 0 radical (unpaired) electrons. The molecule has 0 unspecified atom stereocenters. The Hall–Kier alpha value is -1.91. The first-order valence-electron chi connectivity index (χ1n) is 3.53. The minimum atomic E-state index is -1.20. The maximum atomic E-state index is 10.2. The highest BCUT2D eigenvalue weighted by Gasteiger charge is 2.03. The molecular formula is C8H6NO4-. The van der Waals surface area contributed by atoms with E-state index in [-0.39, 0.29) is 12.1 Å². The predicted molar refractivity (Wildman–Crippen MR) is 41.8 cm³/mol. The second kappa shape index (κ2) is 3.66. The zero-order valence-corrected chi connectivity index (χ0v) is 6.60. The van der Waals surface area contributed by atoms with E-state index in [1.54, 1.807) is 0 Å². The van der Waals surface area contributed by atoms with Crippen molar-refractivity contribution in [2.75, 3.05) is 0 Å². The summed E-state index contributed by atoms with van der Waals surface area (Å²) < 4.78 is 0. The molecule has 0 spiro atoms. The number of rotatable bonds is 3. The minimum absolute atomic E-state index is 0.0536. The Bertz CT molecular complexity index is 331. The van der Waals surface area contributed by atoms with Gasteiger partial charge in [0.15, 0.2) is 0 Å². The summed E-state index contributed by atoms with van der Waals surface area (Å²) in [5, 5.41) is 20.4. The van der Waals surface area contributed by atoms with Crippen molar-refractivity contribution in [3.63, 3.8) is 0 Å². The fourth-order valence-corrected chi connectivity index (χ4v) is 0.902. The lowest BCUT2D eigenvalue weighted by molar-refractivity contribution is -0.384. The molecule has 5 nitrogen and oxygen atoms in total. The molecule has 0 N–H and O–H groups in total. The van der Waals surface area contributed by atoms with Gasteiger partial charge in [0.25, 0.3) is 5.69 Å². The highest BCUT2D eigenvalue weighted by Crippen LogP contribution is 2.11. The van der Waals surface area contributed by atoms with E-state index in [1.807, 2.05) is 0 Å². The Balaban J connectivity index is 2.81. The van der Waals surface area contributed by atoms with Gasteiger partial charge >= 0.3 is 0 Å². The second-order valence-corrected chi connectivity index (χ2v) is 2.47. The third-order valence-corrected chi connectivity index (χ3v) is 1.50. The Morgan fingerprint density at radius 1 is 1.31 bits per heavy atom. The number of carbonyl (C=O) groups is 1. The topological polar surface area (TPSA) is 83.3 Å². The van der Waals surface area contributed by atoms with Gasteiger partial charge in [-0.3, -0.25) is 10.1 Å². The van der Waals surface area contributed by atoms with Crippen LogP contribution >= 0.6 is 0 Å². The first-order chi connectivity index (χ1) is 6.09. The maximum absolute atomic E-state index is 10.2. The molecule has 0 saturated heterocycles. The third-order valence-electron chi connectivity index (χ3n) is 1.50. The molecule has 0 amide bonds. The number of aliphatic carboxylic acids is 1. The zero-order valence-electron chi connectivity index (χ0n) is 6.60. The summed E-state index contributed by atoms with van der Waals surface area (Å²) in [6.07, 6.45) is -0.224. The van der Waals surface area contributed by atoms with Crippen molar-refractivity contribution in [1.82, 2.24) is 0 Å². The number of hydrogen-bond acceptors (Lipinski definition) is 4. The fourth-order valence-electron chi connectivity index (χ4n) is 0.902. The molecule has 0 atom stereocenters. The van der Waals surface area contributed by atoms with Crippen molar-refractivity contribution in [1.29, 1.82) is 0 Å². The minimum Gasteiger partial charge on any atom is -0.550 e. The van der Waals surface area contributed by atoms with Gasteiger partial charge in [-0.2, -0.15) is 0 Å². The van der Waals surface area contributed by atoms with Gasteiger partial charge in [-0.1, -0.05) is 12.1 Å². The molecule has 5 heteroatoms. The SMILES string of the molecule is O=C([O-])Cc1ccc([N+](=O)[O-])cc1. The van der Waals surface area contributed by atoms with Crippen LogP contribution in [0.1, 0.15) is 5.56 Å². The Morgan fingerprint density at radius 2 is 1.85 bits per heavy atom. The third kappa shape index (κ3) is 2.55. The van der Waals surface area contributed by atoms with E-state index in [4.69, 9.17) is 0 Å². The standard InChI is InChI=1S/C8H7NO4/c10-8(11)5-6-1-3-7(4-2-6)9(12)13/h1-4H,5H2,(H,10,11)/p-1. The van der Waals surface area contributed by atoms with E-state index in [9.17, 15) is 20.0 Å². The van der Waals surface area contributed by atoms with Gasteiger partial charge in [-0.05, 0) is 5.56 Å². The van der Waals surface area contributed by atoms with Crippen molar-refractivity contribution in [2.24, 2.45) is 0 Å². The lowest BCUT2D eigenvalue weighted by Crippen LogP contribution is -2.24. The van der Waals surface area contributed by atoms with E-state index in [1.165, 1.54) is 24.3 Å². The summed E-state index contributed by atoms with van der Waals surface area (Å²) in [7, 11) is 0. The Kier molecular flexibility index (Phi) is 2.59. The highest BCUT2D eigenvalue weighted by atomic mass is 16.6. The van der Waals surface area contributed by atoms with Gasteiger partial charge in [-0.15, -0.1) is 0 Å². The van der Waals surface area contributed by atoms with Crippen LogP contribution in [0.2, 0.25) is 0 Å². The summed E-state index contributed by atoms with van der Waals surface area (Å²) in [5.41, 5.74) is 0.438. The Morgan fingerprint density at radius 3 is 2.23 bits per heavy atom. The van der Waals surface area contributed by atoms with Crippen molar-refractivity contribution in [3.8, 4) is 0 Å². The first-order valence-corrected chi connectivity index (χ1v) is 3.53. The fraction of sp³-hybridized carbons (Fsp3) is 0.125. The molecule has 0 bridgehead atoms. The number of nitrogens with zero attached hydrogens (tertiary/aromatic N) is 1. The van der Waals surface area contributed by atoms with Crippen molar-refractivity contribution in [3.05, 3.63) is 39.9 Å². The number of benzene rings is 1. The van der Waals surface area contributed by atoms with E-state index < -0.39 is 10.9 Å². The van der Waals surface area contributed by atoms with Crippen LogP contribution in [0, 0.1) is 10.1 Å². The monoisotopic (exact) mass is 180 g/mol. The van der Waals surface area contributed by atoms with Gasteiger partial charge in [0.1, 0.15) is 0 Å². The number of carboxylic acid groups (broad SMARTS) is 1. The van der Waals surface area contributed by atoms with Gasteiger partial charge in [0.05, 0.1) is 4.92 Å². The lowest BCUT2D eigenvalue weighted by atomic mass is 10.1. The number of non-ortho nitro benzene ring substituents is 1. The summed E-state index contributed by atoms with van der Waals surface area (Å²) in [4.78, 5) is 19.8. The molecule has 1 aromatic carbocycles. The number of carboxylic acids is 1. The van der Waals surface area contributed by atoms with Gasteiger partial charge in [0.2, 0.25) is 0 Å². The van der Waals surface area contributed by atoms with E-state index in [0.717, 1.165) is 0 Å². The van der Waals surface area contributed by atoms with E-state index in [0.29, 0.717) is 5.56 Å². The summed E-state index contributed by atoms with van der Waals surface area (Å²) >= 11 is 0. The summed E-state index contributed by atoms with van der Waals surface area (Å²) in [5.74, 6) is -1.20. The largest absolute Gasteiger partial charge is 0.550 e. The molecule has 13 heavy (non-hydrogen) atoms. The highest BCUT2D eigenvalue weighted by molar-refractivity contribution is 5.68. The lowest BCUT2D eigenvalue weighted by Gasteiger charge is -2.00. The van der Waals surface area contributed by atoms with Gasteiger partial charge < -0.3 is 9.90 Å². The number of nitro benzene ring substituents is 1. The van der Waals surface area contributed by atoms with Crippen molar-refractivity contribution >= 4 is 11.7 Å². The van der Waals surface area contributed by atoms with Gasteiger partial charge in [-0.25, -0.2) is 0 Å². The van der Waals surface area contributed by atoms with Crippen LogP contribution in [-0.4, -0.2) is 10.9 Å². The smallest absolute Gasteiger partial charge is 0.269 e. The molecule has 1 rings (SSSR count). The molecule has 0 aliphatic rings. The van der Waals surface area contributed by atoms with Crippen molar-refractivity contribution in [2.45, 2.75) is 6.42 Å². The van der Waals surface area contributed by atoms with Crippen LogP contribution in [0.5, 0.6) is 0 Å². The average Bonchev–Trinajstić information content (AvgIpc) is 2.04. The van der Waals surface area contributed by atoms with Crippen molar-refractivity contribution < 1.29 is 14.8 Å². The number of nitro groups is 1. The molecule has 0 aliphatic carbocycles. The zero-order chi connectivity index (χ0) is 9.84. The normalized spacial score (nSPS) is 9.54. The molecule has 1 aromatic rings. The maximum Gasteiger partial charge on any atom is 0.269 e. The molecule has 0 saturated carbocycles. The van der Waals surface area contributed by atoms with Crippen LogP contribution < -0.4 is 5.11 Å². The quantitative estimate of drug-likeness (QED) is 0.479. The number of hydrogen-bond donors (Lipinski definition) is 0. The molecule has 0 aliphatic heterocycles. The van der Waals surface area contributed by atoms with Crippen LogP contribution in [0.3, 0.4) is 0 Å². The molecule has 68 valence electrons. The van der Waals surface area contributed by atoms with E-state index >= 15 is 0 Å². The molecule has 0 aromatic heterocycles. The number of carbonyl (C=O) groups excluding carboxylic acids is 1. The molecule has 0 fully saturated rings. The Labute approximate surface area is 73.8 Å². The van der Waals surface area contributed by atoms with E-state index in [2.05, 4.69) is 0 Å². The summed E-state index contributed by atoms with van der Waals surface area (Å²) in [6, 6.07) is 5.32. The van der Waals surface area contributed by atoms with Crippen LogP contribution in [0.25, 0.3) is 0 Å². The first kappa shape index (κ1) is 9.18. The van der Waals surface area contributed by atoms with Crippen LogP contribution in [0.15, 0.2) is 24.3 Å². The molecular weight excluding hydrogens is 174 g/mol. The van der Waals surface area contributed by atoms with Gasteiger partial charge in [0, 0.05) is 24.5 Å². The summed E-state index contributed by atoms with van der Waals surface area (Å²) in [6.45, 7) is 0.